The van der Waals surface area contributed by atoms with Gasteiger partial charge in [-0.1, -0.05) is 12.1 Å². The molecule has 2 aromatic heterocycles. The third-order valence-electron chi connectivity index (χ3n) is 5.14. The van der Waals surface area contributed by atoms with Gasteiger partial charge in [0.25, 0.3) is 5.91 Å². The van der Waals surface area contributed by atoms with Crippen LogP contribution in [0.3, 0.4) is 0 Å². The van der Waals surface area contributed by atoms with Gasteiger partial charge in [-0.3, -0.25) is 9.89 Å². The average Bonchev–Trinajstić information content (AvgIpc) is 3.35. The van der Waals surface area contributed by atoms with Crippen LogP contribution < -0.4 is 10.2 Å². The minimum absolute atomic E-state index is 0.0519. The number of nitrogens with one attached hydrogen (secondary N) is 2. The molecule has 1 aromatic carbocycles. The van der Waals surface area contributed by atoms with Crippen LogP contribution >= 0.6 is 0 Å². The second-order valence-corrected chi connectivity index (χ2v) is 8.89. The molecule has 0 atom stereocenters. The minimum atomic E-state index is -0.113. The molecule has 0 spiro atoms. The fraction of sp³-hybridized carbons (Fsp3) is 0.409. The molecule has 3 aromatic rings. The summed E-state index contributed by atoms with van der Waals surface area (Å²) in [5.74, 6) is 1.83. The molecular weight excluding hydrogens is 378 g/mol. The molecule has 0 saturated carbocycles. The number of imidazole rings is 1. The second-order valence-electron chi connectivity index (χ2n) is 8.89. The van der Waals surface area contributed by atoms with Crippen molar-refractivity contribution in [1.82, 2.24) is 24.6 Å². The summed E-state index contributed by atoms with van der Waals surface area (Å²) in [6, 6.07) is 10.1. The lowest BCUT2D eigenvalue weighted by Crippen LogP contribution is -2.39. The van der Waals surface area contributed by atoms with Gasteiger partial charge in [-0.15, -0.1) is 0 Å². The number of fused-ring (bicyclic) bond motifs is 1. The quantitative estimate of drug-likeness (QED) is 0.694. The van der Waals surface area contributed by atoms with Gasteiger partial charge in [-0.05, 0) is 39.0 Å². The third kappa shape index (κ3) is 3.90. The van der Waals surface area contributed by atoms with Gasteiger partial charge in [0.15, 0.2) is 0 Å². The molecule has 3 heterocycles. The Morgan fingerprint density at radius 2 is 1.87 bits per heavy atom. The Morgan fingerprint density at radius 3 is 2.47 bits per heavy atom. The van der Waals surface area contributed by atoms with E-state index in [-0.39, 0.29) is 11.4 Å². The molecule has 8 heteroatoms. The van der Waals surface area contributed by atoms with E-state index in [1.807, 2.05) is 19.0 Å². The Labute approximate surface area is 176 Å². The van der Waals surface area contributed by atoms with Gasteiger partial charge in [-0.2, -0.15) is 5.10 Å². The first-order chi connectivity index (χ1) is 14.2. The molecule has 1 aliphatic rings. The zero-order valence-electron chi connectivity index (χ0n) is 18.2. The van der Waals surface area contributed by atoms with Crippen LogP contribution in [0.1, 0.15) is 37.1 Å². The fourth-order valence-corrected chi connectivity index (χ4v) is 3.65. The van der Waals surface area contributed by atoms with Crippen molar-refractivity contribution in [3.63, 3.8) is 0 Å². The van der Waals surface area contributed by atoms with Crippen LogP contribution in [0.2, 0.25) is 0 Å². The van der Waals surface area contributed by atoms with Gasteiger partial charge >= 0.3 is 0 Å². The molecule has 158 valence electrons. The third-order valence-corrected chi connectivity index (χ3v) is 5.14. The Morgan fingerprint density at radius 1 is 1.13 bits per heavy atom. The molecule has 0 aliphatic carbocycles. The molecule has 0 bridgehead atoms. The lowest BCUT2D eigenvalue weighted by atomic mass is 10.1. The molecule has 0 fully saturated rings. The molecule has 0 saturated heterocycles. The number of H-pyrrole nitrogens is 1. The standard InChI is InChI=1S/C22H29N7O/c1-22(2,3)25-20-19(15-6-8-16(9-7-15)27(4)5)24-18-14-28(12-13-29(18)20)21(30)17-10-11-23-26-17/h6-11,25H,12-14H2,1-5H3,(H,23,26). The van der Waals surface area contributed by atoms with E-state index in [4.69, 9.17) is 4.98 Å². The SMILES string of the molecule is CN(C)c1ccc(-c2nc3n(c2NC(C)(C)C)CCN(C(=O)c2ccn[nH]2)C3)cc1. The van der Waals surface area contributed by atoms with Gasteiger partial charge in [0.1, 0.15) is 23.0 Å². The molecule has 8 nitrogen and oxygen atoms in total. The smallest absolute Gasteiger partial charge is 0.272 e. The Balaban J connectivity index is 1.70. The van der Waals surface area contributed by atoms with Gasteiger partial charge in [0.2, 0.25) is 0 Å². The minimum Gasteiger partial charge on any atom is -0.378 e. The van der Waals surface area contributed by atoms with E-state index >= 15 is 0 Å². The Kier molecular flexibility index (Phi) is 5.01. The maximum absolute atomic E-state index is 12.8. The van der Waals surface area contributed by atoms with Crippen molar-refractivity contribution >= 4 is 17.4 Å². The zero-order valence-corrected chi connectivity index (χ0v) is 18.2. The van der Waals surface area contributed by atoms with Crippen molar-refractivity contribution in [2.75, 3.05) is 30.9 Å². The highest BCUT2D eigenvalue weighted by atomic mass is 16.2. The number of anilines is 2. The van der Waals surface area contributed by atoms with E-state index in [0.717, 1.165) is 28.6 Å². The maximum atomic E-state index is 12.8. The number of hydrogen-bond donors (Lipinski definition) is 2. The molecule has 30 heavy (non-hydrogen) atoms. The summed E-state index contributed by atoms with van der Waals surface area (Å²) < 4.78 is 2.21. The number of benzene rings is 1. The van der Waals surface area contributed by atoms with E-state index in [1.165, 1.54) is 0 Å². The topological polar surface area (TPSA) is 82.1 Å². The number of aromatic nitrogens is 4. The number of rotatable bonds is 4. The number of carbonyl (C=O) groups excluding carboxylic acids is 1. The first-order valence-corrected chi connectivity index (χ1v) is 10.2. The molecule has 1 aliphatic heterocycles. The highest BCUT2D eigenvalue weighted by molar-refractivity contribution is 5.92. The summed E-state index contributed by atoms with van der Waals surface area (Å²) in [7, 11) is 4.06. The monoisotopic (exact) mass is 407 g/mol. The number of amides is 1. The number of aromatic amines is 1. The summed E-state index contributed by atoms with van der Waals surface area (Å²) in [5, 5.41) is 10.3. The van der Waals surface area contributed by atoms with E-state index in [1.54, 1.807) is 12.3 Å². The summed E-state index contributed by atoms with van der Waals surface area (Å²) in [4.78, 5) is 21.6. The van der Waals surface area contributed by atoms with E-state index in [2.05, 4.69) is 70.0 Å². The van der Waals surface area contributed by atoms with Gasteiger partial charge in [0.05, 0.1) is 6.54 Å². The molecule has 1 amide bonds. The van der Waals surface area contributed by atoms with Crippen molar-refractivity contribution < 1.29 is 4.79 Å². The Bertz CT molecular complexity index is 1030. The number of nitrogens with zero attached hydrogens (tertiary/aromatic N) is 5. The molecule has 0 unspecified atom stereocenters. The van der Waals surface area contributed by atoms with Crippen LogP contribution in [0.5, 0.6) is 0 Å². The first-order valence-electron chi connectivity index (χ1n) is 10.2. The number of carbonyl (C=O) groups is 1. The van der Waals surface area contributed by atoms with Gasteiger partial charge in [0, 0.05) is 50.2 Å². The van der Waals surface area contributed by atoms with Crippen LogP contribution in [-0.2, 0) is 13.1 Å². The van der Waals surface area contributed by atoms with Crippen LogP contribution in [-0.4, -0.2) is 56.7 Å². The van der Waals surface area contributed by atoms with Crippen LogP contribution in [0.25, 0.3) is 11.3 Å². The molecule has 2 N–H and O–H groups in total. The van der Waals surface area contributed by atoms with Crippen molar-refractivity contribution in [3.8, 4) is 11.3 Å². The van der Waals surface area contributed by atoms with Crippen molar-refractivity contribution in [1.29, 1.82) is 0 Å². The Hall–Kier alpha value is -3.29. The highest BCUT2D eigenvalue weighted by Gasteiger charge is 2.29. The van der Waals surface area contributed by atoms with Crippen LogP contribution in [0, 0.1) is 0 Å². The summed E-state index contributed by atoms with van der Waals surface area (Å²) >= 11 is 0. The van der Waals surface area contributed by atoms with Crippen molar-refractivity contribution in [3.05, 3.63) is 48.0 Å². The lowest BCUT2D eigenvalue weighted by molar-refractivity contribution is 0.0702. The zero-order chi connectivity index (χ0) is 21.5. The normalized spacial score (nSPS) is 13.8. The average molecular weight is 408 g/mol. The highest BCUT2D eigenvalue weighted by Crippen LogP contribution is 2.33. The van der Waals surface area contributed by atoms with Gasteiger partial charge in [-0.25, -0.2) is 4.98 Å². The summed E-state index contributed by atoms with van der Waals surface area (Å²) in [6.07, 6.45) is 1.60. The fourth-order valence-electron chi connectivity index (χ4n) is 3.65. The number of hydrogen-bond acceptors (Lipinski definition) is 5. The van der Waals surface area contributed by atoms with E-state index in [9.17, 15) is 4.79 Å². The van der Waals surface area contributed by atoms with Crippen molar-refractivity contribution in [2.45, 2.75) is 39.4 Å². The molecule has 0 radical (unpaired) electrons. The van der Waals surface area contributed by atoms with Crippen molar-refractivity contribution in [2.24, 2.45) is 0 Å². The van der Waals surface area contributed by atoms with Crippen LogP contribution in [0.4, 0.5) is 11.5 Å². The maximum Gasteiger partial charge on any atom is 0.272 e. The second kappa shape index (κ2) is 7.51. The predicted octanol–water partition coefficient (Wildman–Crippen LogP) is 3.21. The van der Waals surface area contributed by atoms with Gasteiger partial charge < -0.3 is 19.7 Å². The van der Waals surface area contributed by atoms with E-state index in [0.29, 0.717) is 25.3 Å². The molecular formula is C22H29N7O. The van der Waals surface area contributed by atoms with E-state index < -0.39 is 0 Å². The van der Waals surface area contributed by atoms with Crippen LogP contribution in [0.15, 0.2) is 36.5 Å². The largest absolute Gasteiger partial charge is 0.378 e. The first kappa shape index (κ1) is 20.0. The predicted molar refractivity (Wildman–Crippen MR) is 119 cm³/mol. The summed E-state index contributed by atoms with van der Waals surface area (Å²) in [6.45, 7) is 8.20. The lowest BCUT2D eigenvalue weighted by Gasteiger charge is -2.30. The molecule has 4 rings (SSSR count). The summed E-state index contributed by atoms with van der Waals surface area (Å²) in [5.41, 5.74) is 3.51.